The second-order valence-corrected chi connectivity index (χ2v) is 7.04. The first-order chi connectivity index (χ1) is 13.8. The fraction of sp³-hybridized carbons (Fsp3) is 0.300. The Morgan fingerprint density at radius 2 is 1.86 bits per heavy atom. The summed E-state index contributed by atoms with van der Waals surface area (Å²) in [6.45, 7) is 9.00. The first-order valence-corrected chi connectivity index (χ1v) is 9.74. The summed E-state index contributed by atoms with van der Waals surface area (Å²) < 4.78 is 4.50. The van der Waals surface area contributed by atoms with Crippen molar-refractivity contribution in [2.75, 3.05) is 31.1 Å². The van der Waals surface area contributed by atoms with Crippen LogP contribution >= 0.6 is 12.2 Å². The topological polar surface area (TPSA) is 55.0 Å². The number of allylic oxidation sites excluding steroid dienone is 1. The summed E-state index contributed by atoms with van der Waals surface area (Å²) in [5.74, 6) is 0.723. The minimum Gasteiger partial charge on any atom is -0.369 e. The highest BCUT2D eigenvalue weighted by Gasteiger charge is 2.20. The van der Waals surface area contributed by atoms with Gasteiger partial charge in [0.2, 0.25) is 0 Å². The summed E-state index contributed by atoms with van der Waals surface area (Å²) in [4.78, 5) is 13.3. The molecule has 8 heteroatoms. The van der Waals surface area contributed by atoms with Gasteiger partial charge in [-0.05, 0) is 24.4 Å². The van der Waals surface area contributed by atoms with Gasteiger partial charge in [0.25, 0.3) is 0 Å². The summed E-state index contributed by atoms with van der Waals surface area (Å²) in [6.07, 6.45) is 6.84. The smallest absolute Gasteiger partial charge is 0.199 e. The molecule has 7 nitrogen and oxygen atoms in total. The summed E-state index contributed by atoms with van der Waals surface area (Å²) in [6, 6.07) is 10.5. The van der Waals surface area contributed by atoms with Crippen molar-refractivity contribution >= 4 is 17.9 Å². The molecule has 0 saturated carbocycles. The quantitative estimate of drug-likeness (QED) is 0.474. The van der Waals surface area contributed by atoms with Crippen molar-refractivity contribution in [1.82, 2.24) is 29.2 Å². The molecule has 144 valence electrons. The second-order valence-electron chi connectivity index (χ2n) is 6.68. The summed E-state index contributed by atoms with van der Waals surface area (Å²) >= 11 is 5.68. The van der Waals surface area contributed by atoms with E-state index < -0.39 is 0 Å². The van der Waals surface area contributed by atoms with Gasteiger partial charge in [-0.1, -0.05) is 24.3 Å². The van der Waals surface area contributed by atoms with Gasteiger partial charge in [-0.15, -0.1) is 11.7 Å². The molecule has 3 heterocycles. The van der Waals surface area contributed by atoms with Crippen LogP contribution in [0.5, 0.6) is 0 Å². The van der Waals surface area contributed by atoms with Crippen molar-refractivity contribution in [3.63, 3.8) is 0 Å². The molecule has 0 bridgehead atoms. The number of hydrogen-bond acceptors (Lipinski definition) is 6. The van der Waals surface area contributed by atoms with Crippen LogP contribution in [0.2, 0.25) is 0 Å². The normalized spacial score (nSPS) is 14.9. The number of rotatable bonds is 6. The van der Waals surface area contributed by atoms with E-state index in [1.807, 2.05) is 15.3 Å². The van der Waals surface area contributed by atoms with Crippen LogP contribution in [0, 0.1) is 4.77 Å². The minimum absolute atomic E-state index is 0.590. The molecule has 28 heavy (non-hydrogen) atoms. The van der Waals surface area contributed by atoms with E-state index in [0.717, 1.165) is 32.0 Å². The maximum atomic E-state index is 5.68. The average molecular weight is 394 g/mol. The molecule has 0 radical (unpaired) electrons. The minimum atomic E-state index is 0.590. The largest absolute Gasteiger partial charge is 0.369 e. The van der Waals surface area contributed by atoms with Gasteiger partial charge in [0.1, 0.15) is 5.69 Å². The van der Waals surface area contributed by atoms with Crippen LogP contribution in [0.3, 0.4) is 0 Å². The molecule has 1 aromatic carbocycles. The lowest BCUT2D eigenvalue weighted by Crippen LogP contribution is -2.47. The number of hydrogen-bond donors (Lipinski definition) is 0. The predicted octanol–water partition coefficient (Wildman–Crippen LogP) is 2.84. The Balaban J connectivity index is 1.50. The average Bonchev–Trinajstić information content (AvgIpc) is 3.06. The SMILES string of the molecule is C=CCn1c(-c2cnccn2)nn(CN2CCN(c3ccccc3)CC2)c1=S. The maximum absolute atomic E-state index is 5.68. The summed E-state index contributed by atoms with van der Waals surface area (Å²) in [7, 11) is 0. The van der Waals surface area contributed by atoms with Gasteiger partial charge in [-0.3, -0.25) is 14.5 Å². The Hall–Kier alpha value is -2.84. The van der Waals surface area contributed by atoms with Gasteiger partial charge in [0.15, 0.2) is 10.6 Å². The van der Waals surface area contributed by atoms with Crippen LogP contribution in [0.1, 0.15) is 0 Å². The molecular weight excluding hydrogens is 370 g/mol. The molecule has 0 aliphatic carbocycles. The van der Waals surface area contributed by atoms with E-state index in [-0.39, 0.29) is 0 Å². The lowest BCUT2D eigenvalue weighted by molar-refractivity contribution is 0.194. The van der Waals surface area contributed by atoms with Gasteiger partial charge in [0, 0.05) is 50.8 Å². The van der Waals surface area contributed by atoms with Crippen molar-refractivity contribution in [2.24, 2.45) is 0 Å². The van der Waals surface area contributed by atoms with E-state index in [2.05, 4.69) is 56.7 Å². The molecule has 3 aromatic rings. The number of anilines is 1. The fourth-order valence-corrected chi connectivity index (χ4v) is 3.67. The molecule has 4 rings (SSSR count). The van der Waals surface area contributed by atoms with E-state index >= 15 is 0 Å². The highest BCUT2D eigenvalue weighted by atomic mass is 32.1. The van der Waals surface area contributed by atoms with Crippen LogP contribution in [-0.4, -0.2) is 55.4 Å². The zero-order valence-corrected chi connectivity index (χ0v) is 16.5. The number of aromatic nitrogens is 5. The molecular formula is C20H23N7S. The number of nitrogens with zero attached hydrogens (tertiary/aromatic N) is 7. The molecule has 2 aromatic heterocycles. The standard InChI is InChI=1S/C20H23N7S/c1-2-10-26-19(18-15-21-8-9-22-18)23-27(20(26)28)16-24-11-13-25(14-12-24)17-6-4-3-5-7-17/h2-9,15H,1,10-14,16H2. The van der Waals surface area contributed by atoms with Gasteiger partial charge < -0.3 is 4.90 Å². The van der Waals surface area contributed by atoms with E-state index in [4.69, 9.17) is 17.3 Å². The third-order valence-electron chi connectivity index (χ3n) is 4.85. The van der Waals surface area contributed by atoms with E-state index in [0.29, 0.717) is 23.7 Å². The molecule has 0 amide bonds. The van der Waals surface area contributed by atoms with Gasteiger partial charge in [-0.25, -0.2) is 9.67 Å². The molecule has 0 N–H and O–H groups in total. The van der Waals surface area contributed by atoms with E-state index in [9.17, 15) is 0 Å². The second kappa shape index (κ2) is 8.45. The summed E-state index contributed by atoms with van der Waals surface area (Å²) in [5, 5.41) is 4.74. The zero-order valence-electron chi connectivity index (χ0n) is 15.7. The molecule has 1 fully saturated rings. The van der Waals surface area contributed by atoms with Crippen molar-refractivity contribution in [2.45, 2.75) is 13.2 Å². The van der Waals surface area contributed by atoms with Crippen molar-refractivity contribution < 1.29 is 0 Å². The van der Waals surface area contributed by atoms with Crippen molar-refractivity contribution in [3.05, 3.63) is 66.3 Å². The van der Waals surface area contributed by atoms with E-state index in [1.54, 1.807) is 18.6 Å². The Kier molecular flexibility index (Phi) is 5.59. The molecule has 0 unspecified atom stereocenters. The van der Waals surface area contributed by atoms with Crippen LogP contribution in [0.4, 0.5) is 5.69 Å². The molecule has 0 atom stereocenters. The number of benzene rings is 1. The van der Waals surface area contributed by atoms with Gasteiger partial charge >= 0.3 is 0 Å². The Labute approximate surface area is 169 Å². The number of para-hydroxylation sites is 1. The Bertz CT molecular complexity index is 973. The molecule has 0 spiro atoms. The Morgan fingerprint density at radius 1 is 1.07 bits per heavy atom. The lowest BCUT2D eigenvalue weighted by Gasteiger charge is -2.35. The molecule has 1 aliphatic heterocycles. The molecule has 1 aliphatic rings. The number of piperazine rings is 1. The van der Waals surface area contributed by atoms with Crippen LogP contribution in [-0.2, 0) is 13.2 Å². The lowest BCUT2D eigenvalue weighted by atomic mass is 10.2. The van der Waals surface area contributed by atoms with Gasteiger partial charge in [-0.2, -0.15) is 0 Å². The third kappa shape index (κ3) is 3.88. The first-order valence-electron chi connectivity index (χ1n) is 9.33. The Morgan fingerprint density at radius 3 is 2.54 bits per heavy atom. The van der Waals surface area contributed by atoms with Crippen LogP contribution < -0.4 is 4.90 Å². The predicted molar refractivity (Wildman–Crippen MR) is 113 cm³/mol. The monoisotopic (exact) mass is 393 g/mol. The highest BCUT2D eigenvalue weighted by molar-refractivity contribution is 7.71. The van der Waals surface area contributed by atoms with Crippen molar-refractivity contribution in [3.8, 4) is 11.5 Å². The first kappa shape index (κ1) is 18.5. The van der Waals surface area contributed by atoms with Gasteiger partial charge in [0.05, 0.1) is 12.9 Å². The fourth-order valence-electron chi connectivity index (χ4n) is 3.41. The maximum Gasteiger partial charge on any atom is 0.199 e. The van der Waals surface area contributed by atoms with Crippen LogP contribution in [0.15, 0.2) is 61.6 Å². The van der Waals surface area contributed by atoms with Crippen molar-refractivity contribution in [1.29, 1.82) is 0 Å². The summed E-state index contributed by atoms with van der Waals surface area (Å²) in [5.41, 5.74) is 1.99. The zero-order chi connectivity index (χ0) is 19.3. The van der Waals surface area contributed by atoms with E-state index in [1.165, 1.54) is 5.69 Å². The third-order valence-corrected chi connectivity index (χ3v) is 5.29. The highest BCUT2D eigenvalue weighted by Crippen LogP contribution is 2.18. The van der Waals surface area contributed by atoms with Crippen LogP contribution in [0.25, 0.3) is 11.5 Å². The molecule has 1 saturated heterocycles.